The molecule has 2 aliphatic rings. The van der Waals surface area contributed by atoms with E-state index in [1.165, 1.54) is 16.5 Å². The third-order valence-electron chi connectivity index (χ3n) is 9.49. The fraction of sp³-hybridized carbons (Fsp3) is 0.0435. The molecule has 50 heavy (non-hydrogen) atoms. The molecule has 0 spiro atoms. The Labute approximate surface area is 292 Å². The molecule has 1 aromatic heterocycles. The third kappa shape index (κ3) is 5.36. The SMILES string of the molecule is C=C1/C=C\C=C/Cc2ccccc2N1c1cccc(-c2cc(C#N)ccc2-c2ccccc2-n2c3c(c4ccccc42)CC=C(C#N)C=C3)c1. The number of hydrogen-bond donors (Lipinski definition) is 0. The maximum absolute atomic E-state index is 10.1. The van der Waals surface area contributed by atoms with Gasteiger partial charge >= 0.3 is 0 Å². The normalized spacial score (nSPS) is 15.0. The standard InChI is InChI=1S/C46H32N4/c1-32-12-3-2-4-13-35-14-5-8-19-43(35)49(32)37-16-11-15-36(29-37)42-28-34(31-48)23-25-38(42)39-17-6-9-20-44(39)50-45-21-10-7-18-40(45)41-26-22-33(30-47)24-27-46(41)50/h2-12,14-25,27-29H,1,13,26H2/b4-2-,12-3-. The summed E-state index contributed by atoms with van der Waals surface area (Å²) >= 11 is 0. The van der Waals surface area contributed by atoms with Gasteiger partial charge in [0, 0.05) is 33.6 Å². The van der Waals surface area contributed by atoms with E-state index in [2.05, 4.69) is 150 Å². The molecule has 0 bridgehead atoms. The van der Waals surface area contributed by atoms with E-state index in [1.54, 1.807) is 0 Å². The Kier molecular flexibility index (Phi) is 7.90. The van der Waals surface area contributed by atoms with Crippen molar-refractivity contribution >= 4 is 28.4 Å². The van der Waals surface area contributed by atoms with E-state index in [0.717, 1.165) is 62.6 Å². The van der Waals surface area contributed by atoms with Crippen molar-refractivity contribution in [2.75, 3.05) is 4.90 Å². The minimum absolute atomic E-state index is 0.594. The monoisotopic (exact) mass is 640 g/mol. The summed E-state index contributed by atoms with van der Waals surface area (Å²) in [7, 11) is 0. The summed E-state index contributed by atoms with van der Waals surface area (Å²) in [5.74, 6) is 0. The molecular formula is C46H32N4. The van der Waals surface area contributed by atoms with Gasteiger partial charge in [0.15, 0.2) is 0 Å². The fourth-order valence-electron chi connectivity index (χ4n) is 7.18. The molecule has 8 rings (SSSR count). The van der Waals surface area contributed by atoms with E-state index in [1.807, 2.05) is 36.4 Å². The van der Waals surface area contributed by atoms with Crippen molar-refractivity contribution in [3.63, 3.8) is 0 Å². The molecule has 0 radical (unpaired) electrons. The maximum Gasteiger partial charge on any atom is 0.0991 e. The number of para-hydroxylation sites is 3. The second kappa shape index (κ2) is 13.0. The quantitative estimate of drug-likeness (QED) is 0.193. The lowest BCUT2D eigenvalue weighted by Crippen LogP contribution is -2.16. The smallest absolute Gasteiger partial charge is 0.0991 e. The molecular weight excluding hydrogens is 609 g/mol. The summed E-state index contributed by atoms with van der Waals surface area (Å²) in [6.07, 6.45) is 15.8. The first-order valence-electron chi connectivity index (χ1n) is 16.7. The van der Waals surface area contributed by atoms with Crippen LogP contribution in [0.25, 0.3) is 44.9 Å². The molecule has 0 unspecified atom stereocenters. The largest absolute Gasteiger partial charge is 0.311 e. The van der Waals surface area contributed by atoms with E-state index in [4.69, 9.17) is 0 Å². The number of fused-ring (bicyclic) bond motifs is 4. The number of aromatic nitrogens is 1. The molecule has 4 heteroatoms. The van der Waals surface area contributed by atoms with Gasteiger partial charge in [0.05, 0.1) is 34.6 Å². The van der Waals surface area contributed by atoms with E-state index in [9.17, 15) is 10.5 Å². The molecule has 0 atom stereocenters. The molecule has 1 aliphatic carbocycles. The number of nitriles is 2. The minimum atomic E-state index is 0.594. The van der Waals surface area contributed by atoms with Gasteiger partial charge < -0.3 is 9.47 Å². The van der Waals surface area contributed by atoms with Crippen LogP contribution < -0.4 is 4.90 Å². The van der Waals surface area contributed by atoms with Gasteiger partial charge in [-0.25, -0.2) is 0 Å². The second-order valence-electron chi connectivity index (χ2n) is 12.4. The van der Waals surface area contributed by atoms with Crippen LogP contribution in [0.1, 0.15) is 22.4 Å². The van der Waals surface area contributed by atoms with Gasteiger partial charge in [-0.05, 0) is 101 Å². The average Bonchev–Trinajstić information content (AvgIpc) is 3.36. The number of nitrogens with zero attached hydrogens (tertiary/aromatic N) is 4. The van der Waals surface area contributed by atoms with Crippen LogP contribution in [0, 0.1) is 22.7 Å². The maximum atomic E-state index is 10.1. The van der Waals surface area contributed by atoms with Crippen molar-refractivity contribution in [2.45, 2.75) is 12.8 Å². The lowest BCUT2D eigenvalue weighted by molar-refractivity contribution is 1.09. The second-order valence-corrected chi connectivity index (χ2v) is 12.4. The third-order valence-corrected chi connectivity index (χ3v) is 9.49. The van der Waals surface area contributed by atoms with Gasteiger partial charge in [0.2, 0.25) is 0 Å². The summed E-state index contributed by atoms with van der Waals surface area (Å²) in [6, 6.07) is 44.5. The van der Waals surface area contributed by atoms with Crippen molar-refractivity contribution < 1.29 is 0 Å². The van der Waals surface area contributed by atoms with Crippen molar-refractivity contribution in [3.05, 3.63) is 192 Å². The zero-order valence-corrected chi connectivity index (χ0v) is 27.4. The Hall–Kier alpha value is -6.88. The van der Waals surface area contributed by atoms with Crippen LogP contribution >= 0.6 is 0 Å². The van der Waals surface area contributed by atoms with Crippen LogP contribution in [0.5, 0.6) is 0 Å². The summed E-state index contributed by atoms with van der Waals surface area (Å²) in [5, 5.41) is 20.9. The van der Waals surface area contributed by atoms with Crippen LogP contribution in [0.15, 0.2) is 170 Å². The Morgan fingerprint density at radius 3 is 2.34 bits per heavy atom. The van der Waals surface area contributed by atoms with Gasteiger partial charge in [0.1, 0.15) is 0 Å². The Bertz CT molecular complexity index is 2540. The predicted molar refractivity (Wildman–Crippen MR) is 205 cm³/mol. The molecule has 0 saturated heterocycles. The lowest BCUT2D eigenvalue weighted by atomic mass is 9.91. The van der Waals surface area contributed by atoms with Crippen molar-refractivity contribution in [2.24, 2.45) is 0 Å². The van der Waals surface area contributed by atoms with Crippen molar-refractivity contribution in [1.29, 1.82) is 10.5 Å². The molecule has 0 amide bonds. The Morgan fingerprint density at radius 2 is 1.46 bits per heavy atom. The van der Waals surface area contributed by atoms with Crippen LogP contribution in [0.4, 0.5) is 11.4 Å². The molecule has 5 aromatic carbocycles. The Morgan fingerprint density at radius 1 is 0.640 bits per heavy atom. The minimum Gasteiger partial charge on any atom is -0.311 e. The summed E-state index contributed by atoms with van der Waals surface area (Å²) in [6.45, 7) is 4.46. The number of anilines is 2. The van der Waals surface area contributed by atoms with E-state index in [0.29, 0.717) is 17.6 Å². The van der Waals surface area contributed by atoms with Gasteiger partial charge in [0.25, 0.3) is 0 Å². The highest BCUT2D eigenvalue weighted by molar-refractivity contribution is 5.95. The predicted octanol–water partition coefficient (Wildman–Crippen LogP) is 11.2. The van der Waals surface area contributed by atoms with E-state index < -0.39 is 0 Å². The number of rotatable bonds is 4. The van der Waals surface area contributed by atoms with E-state index in [-0.39, 0.29) is 0 Å². The molecule has 236 valence electrons. The molecule has 2 heterocycles. The Balaban J connectivity index is 1.32. The van der Waals surface area contributed by atoms with Crippen LogP contribution in [0.2, 0.25) is 0 Å². The molecule has 0 fully saturated rings. The van der Waals surface area contributed by atoms with Crippen molar-refractivity contribution in [1.82, 2.24) is 4.57 Å². The molecule has 4 nitrogen and oxygen atoms in total. The fourth-order valence-corrected chi connectivity index (χ4v) is 7.18. The van der Waals surface area contributed by atoms with Crippen LogP contribution in [-0.2, 0) is 12.8 Å². The first kappa shape index (κ1) is 30.5. The summed E-state index contributed by atoms with van der Waals surface area (Å²) in [5.41, 5.74) is 13.8. The lowest BCUT2D eigenvalue weighted by Gasteiger charge is -2.28. The van der Waals surface area contributed by atoms with Crippen LogP contribution in [-0.4, -0.2) is 4.57 Å². The molecule has 0 saturated carbocycles. The topological polar surface area (TPSA) is 55.8 Å². The zero-order chi connectivity index (χ0) is 34.0. The molecule has 0 N–H and O–H groups in total. The van der Waals surface area contributed by atoms with Gasteiger partial charge in [-0.2, -0.15) is 10.5 Å². The highest BCUT2D eigenvalue weighted by Crippen LogP contribution is 2.42. The van der Waals surface area contributed by atoms with Crippen molar-refractivity contribution in [3.8, 4) is 40.1 Å². The van der Waals surface area contributed by atoms with Gasteiger partial charge in [-0.3, -0.25) is 0 Å². The summed E-state index contributed by atoms with van der Waals surface area (Å²) < 4.78 is 2.31. The number of allylic oxidation sites excluding steroid dienone is 7. The highest BCUT2D eigenvalue weighted by atomic mass is 15.1. The van der Waals surface area contributed by atoms with Crippen LogP contribution in [0.3, 0.4) is 0 Å². The van der Waals surface area contributed by atoms with Gasteiger partial charge in [-0.1, -0.05) is 104 Å². The molecule has 1 aliphatic heterocycles. The summed E-state index contributed by atoms with van der Waals surface area (Å²) in [4.78, 5) is 2.21. The number of benzene rings is 5. The average molecular weight is 641 g/mol. The molecule has 6 aromatic rings. The first-order chi connectivity index (χ1) is 24.6. The number of hydrogen-bond acceptors (Lipinski definition) is 3. The highest BCUT2D eigenvalue weighted by Gasteiger charge is 2.22. The first-order valence-corrected chi connectivity index (χ1v) is 16.7. The van der Waals surface area contributed by atoms with E-state index >= 15 is 0 Å². The van der Waals surface area contributed by atoms with Gasteiger partial charge in [-0.15, -0.1) is 0 Å². The zero-order valence-electron chi connectivity index (χ0n) is 27.4.